The molecule has 0 fully saturated rings. The third-order valence-electron chi connectivity index (χ3n) is 4.26. The number of nitrogen functional groups attached to an aromatic ring is 2. The predicted octanol–water partition coefficient (Wildman–Crippen LogP) is 4.59. The van der Waals surface area contributed by atoms with Crippen molar-refractivity contribution in [3.05, 3.63) is 95.1 Å². The minimum absolute atomic E-state index is 0.183. The SMILES string of the molecule is CCc1ccc(C(c2ccc(N)cc2)c2ccc(N)cc2)cc1. The van der Waals surface area contributed by atoms with Gasteiger partial charge in [-0.3, -0.25) is 0 Å². The second-order valence-corrected chi connectivity index (χ2v) is 5.86. The summed E-state index contributed by atoms with van der Waals surface area (Å²) in [5.74, 6) is 0.183. The van der Waals surface area contributed by atoms with Gasteiger partial charge in [-0.2, -0.15) is 0 Å². The Kier molecular flexibility index (Phi) is 4.33. The van der Waals surface area contributed by atoms with Crippen molar-refractivity contribution >= 4 is 11.4 Å². The zero-order valence-electron chi connectivity index (χ0n) is 13.4. The van der Waals surface area contributed by atoms with E-state index in [9.17, 15) is 0 Å². The predicted molar refractivity (Wildman–Crippen MR) is 98.5 cm³/mol. The van der Waals surface area contributed by atoms with Crippen LogP contribution in [-0.2, 0) is 6.42 Å². The number of anilines is 2. The molecule has 0 aliphatic heterocycles. The average molecular weight is 302 g/mol. The molecule has 0 bridgehead atoms. The van der Waals surface area contributed by atoms with Gasteiger partial charge in [0.05, 0.1) is 0 Å². The molecule has 0 spiro atoms. The Balaban J connectivity index is 2.08. The van der Waals surface area contributed by atoms with Gasteiger partial charge >= 0.3 is 0 Å². The highest BCUT2D eigenvalue weighted by atomic mass is 14.5. The Morgan fingerprint density at radius 2 is 0.957 bits per heavy atom. The van der Waals surface area contributed by atoms with Crippen LogP contribution in [0, 0.1) is 0 Å². The third kappa shape index (κ3) is 3.37. The molecule has 3 aromatic carbocycles. The summed E-state index contributed by atoms with van der Waals surface area (Å²) >= 11 is 0. The summed E-state index contributed by atoms with van der Waals surface area (Å²) in [6.07, 6.45) is 1.05. The molecule has 0 amide bonds. The van der Waals surface area contributed by atoms with Crippen molar-refractivity contribution in [3.8, 4) is 0 Å². The van der Waals surface area contributed by atoms with Gasteiger partial charge in [0, 0.05) is 17.3 Å². The van der Waals surface area contributed by atoms with E-state index in [4.69, 9.17) is 11.5 Å². The fourth-order valence-corrected chi connectivity index (χ4v) is 2.90. The molecule has 0 saturated carbocycles. The zero-order valence-corrected chi connectivity index (χ0v) is 13.4. The van der Waals surface area contributed by atoms with Gasteiger partial charge in [0.25, 0.3) is 0 Å². The van der Waals surface area contributed by atoms with Crippen LogP contribution in [0.1, 0.15) is 35.1 Å². The number of nitrogens with two attached hydrogens (primary N) is 2. The maximum absolute atomic E-state index is 5.85. The number of hydrogen-bond acceptors (Lipinski definition) is 2. The number of benzene rings is 3. The average Bonchev–Trinajstić information content (AvgIpc) is 2.59. The molecule has 116 valence electrons. The number of hydrogen-bond donors (Lipinski definition) is 2. The van der Waals surface area contributed by atoms with Crippen molar-refractivity contribution < 1.29 is 0 Å². The first-order valence-corrected chi connectivity index (χ1v) is 7.97. The molecule has 23 heavy (non-hydrogen) atoms. The molecule has 2 heteroatoms. The Morgan fingerprint density at radius 3 is 1.30 bits per heavy atom. The van der Waals surface area contributed by atoms with Crippen LogP contribution in [-0.4, -0.2) is 0 Å². The van der Waals surface area contributed by atoms with Crippen LogP contribution in [0.2, 0.25) is 0 Å². The van der Waals surface area contributed by atoms with Gasteiger partial charge < -0.3 is 11.5 Å². The van der Waals surface area contributed by atoms with Gasteiger partial charge in [-0.05, 0) is 52.9 Å². The van der Waals surface area contributed by atoms with Gasteiger partial charge in [-0.15, -0.1) is 0 Å². The first kappa shape index (κ1) is 15.2. The highest BCUT2D eigenvalue weighted by Gasteiger charge is 2.16. The lowest BCUT2D eigenvalue weighted by atomic mass is 9.84. The first-order valence-electron chi connectivity index (χ1n) is 7.97. The molecule has 2 nitrogen and oxygen atoms in total. The second-order valence-electron chi connectivity index (χ2n) is 5.86. The molecule has 0 unspecified atom stereocenters. The van der Waals surface area contributed by atoms with Gasteiger partial charge in [0.15, 0.2) is 0 Å². The van der Waals surface area contributed by atoms with E-state index in [2.05, 4.69) is 55.5 Å². The third-order valence-corrected chi connectivity index (χ3v) is 4.26. The van der Waals surface area contributed by atoms with Gasteiger partial charge in [-0.25, -0.2) is 0 Å². The molecule has 0 radical (unpaired) electrons. The highest BCUT2D eigenvalue weighted by molar-refractivity contribution is 5.50. The molecule has 0 saturated heterocycles. The van der Waals surface area contributed by atoms with Crippen molar-refractivity contribution in [1.29, 1.82) is 0 Å². The molecular weight excluding hydrogens is 280 g/mol. The van der Waals surface area contributed by atoms with E-state index in [0.717, 1.165) is 17.8 Å². The van der Waals surface area contributed by atoms with Crippen LogP contribution < -0.4 is 11.5 Å². The summed E-state index contributed by atoms with van der Waals surface area (Å²) in [6.45, 7) is 2.17. The Bertz CT molecular complexity index is 711. The number of aryl methyl sites for hydroxylation is 1. The van der Waals surface area contributed by atoms with Crippen molar-refractivity contribution in [2.24, 2.45) is 0 Å². The van der Waals surface area contributed by atoms with E-state index in [0.29, 0.717) is 0 Å². The summed E-state index contributed by atoms with van der Waals surface area (Å²) < 4.78 is 0. The topological polar surface area (TPSA) is 52.0 Å². The summed E-state index contributed by atoms with van der Waals surface area (Å²) in [4.78, 5) is 0. The Hall–Kier alpha value is -2.74. The van der Waals surface area contributed by atoms with Crippen molar-refractivity contribution in [3.63, 3.8) is 0 Å². The van der Waals surface area contributed by atoms with Crippen molar-refractivity contribution in [2.45, 2.75) is 19.3 Å². The molecule has 0 heterocycles. The molecule has 4 N–H and O–H groups in total. The lowest BCUT2D eigenvalue weighted by Crippen LogP contribution is -2.04. The molecule has 0 aliphatic rings. The van der Waals surface area contributed by atoms with E-state index < -0.39 is 0 Å². The summed E-state index contributed by atoms with van der Waals surface area (Å²) in [7, 11) is 0. The maximum atomic E-state index is 5.85. The van der Waals surface area contributed by atoms with Gasteiger partial charge in [-0.1, -0.05) is 55.5 Å². The Morgan fingerprint density at radius 1 is 0.609 bits per heavy atom. The minimum atomic E-state index is 0.183. The molecular formula is C21H22N2. The summed E-state index contributed by atoms with van der Waals surface area (Å²) in [6, 6.07) is 25.1. The lowest BCUT2D eigenvalue weighted by molar-refractivity contribution is 0.973. The lowest BCUT2D eigenvalue weighted by Gasteiger charge is -2.19. The van der Waals surface area contributed by atoms with E-state index in [1.807, 2.05) is 24.3 Å². The van der Waals surface area contributed by atoms with Gasteiger partial charge in [0.2, 0.25) is 0 Å². The van der Waals surface area contributed by atoms with Crippen LogP contribution in [0.3, 0.4) is 0 Å². The molecule has 3 rings (SSSR count). The second kappa shape index (κ2) is 6.57. The molecule has 0 atom stereocenters. The number of rotatable bonds is 4. The van der Waals surface area contributed by atoms with Crippen molar-refractivity contribution in [1.82, 2.24) is 0 Å². The first-order chi connectivity index (χ1) is 11.2. The molecule has 0 aromatic heterocycles. The Labute approximate surface area is 137 Å². The molecule has 3 aromatic rings. The molecule has 0 aliphatic carbocycles. The quantitative estimate of drug-likeness (QED) is 0.547. The van der Waals surface area contributed by atoms with E-state index >= 15 is 0 Å². The fourth-order valence-electron chi connectivity index (χ4n) is 2.90. The largest absolute Gasteiger partial charge is 0.399 e. The summed E-state index contributed by atoms with van der Waals surface area (Å²) in [5, 5.41) is 0. The summed E-state index contributed by atoms with van der Waals surface area (Å²) in [5.41, 5.74) is 18.3. The normalized spacial score (nSPS) is 10.9. The van der Waals surface area contributed by atoms with Gasteiger partial charge in [0.1, 0.15) is 0 Å². The van der Waals surface area contributed by atoms with Crippen LogP contribution in [0.5, 0.6) is 0 Å². The van der Waals surface area contributed by atoms with Crippen LogP contribution in [0.4, 0.5) is 11.4 Å². The standard InChI is InChI=1S/C21H22N2/c1-2-15-3-5-16(6-4-15)21(17-7-11-19(22)12-8-17)18-9-13-20(23)14-10-18/h3-14,21H,2,22-23H2,1H3. The smallest absolute Gasteiger partial charge is 0.0340 e. The van der Waals surface area contributed by atoms with Crippen molar-refractivity contribution in [2.75, 3.05) is 11.5 Å². The van der Waals surface area contributed by atoms with E-state index in [1.54, 1.807) is 0 Å². The fraction of sp³-hybridized carbons (Fsp3) is 0.143. The van der Waals surface area contributed by atoms with E-state index in [1.165, 1.54) is 22.3 Å². The minimum Gasteiger partial charge on any atom is -0.399 e. The monoisotopic (exact) mass is 302 g/mol. The maximum Gasteiger partial charge on any atom is 0.0340 e. The van der Waals surface area contributed by atoms with E-state index in [-0.39, 0.29) is 5.92 Å². The van der Waals surface area contributed by atoms with Crippen LogP contribution in [0.15, 0.2) is 72.8 Å². The highest BCUT2D eigenvalue weighted by Crippen LogP contribution is 2.33. The van der Waals surface area contributed by atoms with Crippen LogP contribution in [0.25, 0.3) is 0 Å². The zero-order chi connectivity index (χ0) is 16.2. The van der Waals surface area contributed by atoms with Crippen LogP contribution >= 0.6 is 0 Å².